The van der Waals surface area contributed by atoms with Crippen molar-refractivity contribution in [1.82, 2.24) is 0 Å². The topological polar surface area (TPSA) is 82.1 Å². The van der Waals surface area contributed by atoms with Crippen LogP contribution >= 0.6 is 11.3 Å². The number of Topliss-reactive ketones (excluding diaryl/α,β-unsaturated/α-hetero) is 1. The van der Waals surface area contributed by atoms with E-state index in [9.17, 15) is 9.59 Å². The van der Waals surface area contributed by atoms with Gasteiger partial charge in [-0.2, -0.15) is 0 Å². The van der Waals surface area contributed by atoms with E-state index in [1.807, 2.05) is 0 Å². The van der Waals surface area contributed by atoms with Gasteiger partial charge in [0.25, 0.3) is 0 Å². The zero-order valence-electron chi connectivity index (χ0n) is 13.8. The Balaban J connectivity index is 2.26. The lowest BCUT2D eigenvalue weighted by Gasteiger charge is -2.09. The van der Waals surface area contributed by atoms with Gasteiger partial charge in [-0.05, 0) is 17.5 Å². The second-order valence-electron chi connectivity index (χ2n) is 5.28. The number of hydrogen-bond acceptors (Lipinski definition) is 7. The van der Waals surface area contributed by atoms with Crippen LogP contribution < -0.4 is 9.47 Å². The van der Waals surface area contributed by atoms with Crippen LogP contribution in [0.5, 0.6) is 11.5 Å². The predicted octanol–water partition coefficient (Wildman–Crippen LogP) is 2.66. The van der Waals surface area contributed by atoms with Crippen LogP contribution in [0.25, 0.3) is 10.1 Å². The van der Waals surface area contributed by atoms with Gasteiger partial charge >= 0.3 is 5.97 Å². The minimum Gasteiger partial charge on any atom is -0.493 e. The van der Waals surface area contributed by atoms with E-state index in [0.29, 0.717) is 16.4 Å². The van der Waals surface area contributed by atoms with Gasteiger partial charge < -0.3 is 19.3 Å². The molecule has 2 rings (SSSR count). The predicted molar refractivity (Wildman–Crippen MR) is 91.1 cm³/mol. The second-order valence-corrected chi connectivity index (χ2v) is 6.36. The SMILES string of the molecule is COC(=O)[C@@H](C)CC(=O)c1cc2cc(OC)c(OCCO)cc2s1. The van der Waals surface area contributed by atoms with E-state index in [1.165, 1.54) is 25.6 Å². The summed E-state index contributed by atoms with van der Waals surface area (Å²) < 4.78 is 16.3. The van der Waals surface area contributed by atoms with Gasteiger partial charge in [-0.15, -0.1) is 11.3 Å². The smallest absolute Gasteiger partial charge is 0.308 e. The van der Waals surface area contributed by atoms with Crippen molar-refractivity contribution in [2.75, 3.05) is 27.4 Å². The summed E-state index contributed by atoms with van der Waals surface area (Å²) in [6.45, 7) is 1.73. The molecule has 0 aliphatic carbocycles. The lowest BCUT2D eigenvalue weighted by atomic mass is 10.0. The number of carbonyl (C=O) groups is 2. The summed E-state index contributed by atoms with van der Waals surface area (Å²) in [4.78, 5) is 24.4. The van der Waals surface area contributed by atoms with Gasteiger partial charge in [-0.25, -0.2) is 0 Å². The van der Waals surface area contributed by atoms with Gasteiger partial charge in [0.2, 0.25) is 0 Å². The van der Waals surface area contributed by atoms with Gasteiger partial charge in [0.15, 0.2) is 17.3 Å². The molecule has 24 heavy (non-hydrogen) atoms. The van der Waals surface area contributed by atoms with Crippen molar-refractivity contribution in [3.8, 4) is 11.5 Å². The van der Waals surface area contributed by atoms with Crippen LogP contribution in [0, 0.1) is 5.92 Å². The Morgan fingerprint density at radius 1 is 1.21 bits per heavy atom. The molecule has 0 spiro atoms. The number of ether oxygens (including phenoxy) is 3. The molecular weight excluding hydrogens is 332 g/mol. The number of fused-ring (bicyclic) bond motifs is 1. The molecule has 0 aliphatic heterocycles. The first-order valence-corrected chi connectivity index (χ1v) is 8.28. The quantitative estimate of drug-likeness (QED) is 0.581. The fourth-order valence-corrected chi connectivity index (χ4v) is 3.30. The second kappa shape index (κ2) is 8.12. The summed E-state index contributed by atoms with van der Waals surface area (Å²) in [6.07, 6.45) is 0.102. The molecule has 0 bridgehead atoms. The molecule has 2 aromatic rings. The highest BCUT2D eigenvalue weighted by molar-refractivity contribution is 7.20. The van der Waals surface area contributed by atoms with E-state index < -0.39 is 11.9 Å². The average molecular weight is 352 g/mol. The fraction of sp³-hybridized carbons (Fsp3) is 0.412. The highest BCUT2D eigenvalue weighted by Gasteiger charge is 2.20. The zero-order chi connectivity index (χ0) is 17.7. The lowest BCUT2D eigenvalue weighted by Crippen LogP contribution is -2.16. The van der Waals surface area contributed by atoms with Crippen molar-refractivity contribution in [3.05, 3.63) is 23.1 Å². The van der Waals surface area contributed by atoms with Crippen LogP contribution in [0.4, 0.5) is 0 Å². The van der Waals surface area contributed by atoms with Crippen molar-refractivity contribution in [2.24, 2.45) is 5.92 Å². The van der Waals surface area contributed by atoms with Crippen LogP contribution in [0.15, 0.2) is 18.2 Å². The number of rotatable bonds is 8. The number of esters is 1. The third-order valence-corrected chi connectivity index (χ3v) is 4.66. The first kappa shape index (κ1) is 18.2. The molecule has 7 heteroatoms. The normalized spacial score (nSPS) is 12.0. The first-order valence-electron chi connectivity index (χ1n) is 7.46. The van der Waals surface area contributed by atoms with E-state index in [1.54, 1.807) is 25.1 Å². The van der Waals surface area contributed by atoms with Crippen LogP contribution in [0.3, 0.4) is 0 Å². The van der Waals surface area contributed by atoms with Crippen molar-refractivity contribution < 1.29 is 28.9 Å². The molecule has 1 heterocycles. The van der Waals surface area contributed by atoms with Gasteiger partial charge in [-0.1, -0.05) is 6.92 Å². The van der Waals surface area contributed by atoms with E-state index >= 15 is 0 Å². The highest BCUT2D eigenvalue weighted by atomic mass is 32.1. The summed E-state index contributed by atoms with van der Waals surface area (Å²) in [6, 6.07) is 5.36. The summed E-state index contributed by atoms with van der Waals surface area (Å²) in [5.74, 6) is 0.0703. The van der Waals surface area contributed by atoms with Gasteiger partial charge in [0.1, 0.15) is 6.61 Å². The zero-order valence-corrected chi connectivity index (χ0v) is 14.6. The number of ketones is 1. The number of aliphatic hydroxyl groups excluding tert-OH is 1. The molecule has 0 fully saturated rings. The Morgan fingerprint density at radius 2 is 1.96 bits per heavy atom. The molecule has 6 nitrogen and oxygen atoms in total. The van der Waals surface area contributed by atoms with Crippen LogP contribution in [-0.2, 0) is 9.53 Å². The van der Waals surface area contributed by atoms with Crippen molar-refractivity contribution in [3.63, 3.8) is 0 Å². The van der Waals surface area contributed by atoms with E-state index in [-0.39, 0.29) is 25.4 Å². The molecule has 0 saturated carbocycles. The number of benzene rings is 1. The van der Waals surface area contributed by atoms with E-state index in [4.69, 9.17) is 14.6 Å². The molecule has 0 unspecified atom stereocenters. The molecule has 1 aromatic heterocycles. The minimum atomic E-state index is -0.481. The van der Waals surface area contributed by atoms with Crippen LogP contribution in [-0.4, -0.2) is 44.3 Å². The van der Waals surface area contributed by atoms with E-state index in [2.05, 4.69) is 4.74 Å². The number of thiophene rings is 1. The Hall–Kier alpha value is -2.12. The Labute approximate surface area is 143 Å². The molecule has 1 N–H and O–H groups in total. The molecule has 130 valence electrons. The largest absolute Gasteiger partial charge is 0.493 e. The third kappa shape index (κ3) is 4.04. The van der Waals surface area contributed by atoms with E-state index in [0.717, 1.165) is 10.1 Å². The average Bonchev–Trinajstić information content (AvgIpc) is 3.00. The van der Waals surface area contributed by atoms with Gasteiger partial charge in [0.05, 0.1) is 31.6 Å². The third-order valence-electron chi connectivity index (χ3n) is 3.52. The summed E-state index contributed by atoms with van der Waals surface area (Å²) in [7, 11) is 2.84. The first-order chi connectivity index (χ1) is 11.5. The molecule has 1 aromatic carbocycles. The molecule has 0 saturated heterocycles. The summed E-state index contributed by atoms with van der Waals surface area (Å²) >= 11 is 1.33. The van der Waals surface area contributed by atoms with Crippen molar-refractivity contribution in [1.29, 1.82) is 0 Å². The van der Waals surface area contributed by atoms with Gasteiger partial charge in [-0.3, -0.25) is 9.59 Å². The molecule has 1 atom stereocenters. The summed E-state index contributed by atoms with van der Waals surface area (Å²) in [5.41, 5.74) is 0. The standard InChI is InChI=1S/C17H20O6S/c1-10(17(20)22-3)6-12(19)16-8-11-7-13(21-2)14(23-5-4-18)9-15(11)24-16/h7-10,18H,4-6H2,1-3H3/t10-/m0/s1. The molecule has 0 aliphatic rings. The van der Waals surface area contributed by atoms with Gasteiger partial charge in [0, 0.05) is 17.2 Å². The minimum absolute atomic E-state index is 0.0964. The highest BCUT2D eigenvalue weighted by Crippen LogP contribution is 2.37. The maximum absolute atomic E-state index is 12.4. The molecular formula is C17H20O6S. The monoisotopic (exact) mass is 352 g/mol. The number of methoxy groups -OCH3 is 2. The lowest BCUT2D eigenvalue weighted by molar-refractivity contribution is -0.144. The Bertz CT molecular complexity index is 736. The summed E-state index contributed by atoms with van der Waals surface area (Å²) in [5, 5.41) is 9.75. The Morgan fingerprint density at radius 3 is 2.58 bits per heavy atom. The molecule has 0 radical (unpaired) electrons. The maximum atomic E-state index is 12.4. The number of hydrogen-bond donors (Lipinski definition) is 1. The van der Waals surface area contributed by atoms with Crippen molar-refractivity contribution in [2.45, 2.75) is 13.3 Å². The van der Waals surface area contributed by atoms with Crippen LogP contribution in [0.1, 0.15) is 23.0 Å². The number of aliphatic hydroxyl groups is 1. The fourth-order valence-electron chi connectivity index (χ4n) is 2.28. The Kier molecular flexibility index (Phi) is 6.16. The number of carbonyl (C=O) groups excluding carboxylic acids is 2. The maximum Gasteiger partial charge on any atom is 0.308 e. The van der Waals surface area contributed by atoms with Crippen LogP contribution in [0.2, 0.25) is 0 Å². The van der Waals surface area contributed by atoms with Crippen molar-refractivity contribution >= 4 is 33.2 Å². The molecule has 0 amide bonds.